The highest BCUT2D eigenvalue weighted by Gasteiger charge is 2.33. The van der Waals surface area contributed by atoms with E-state index in [0.29, 0.717) is 31.6 Å². The average molecular weight is 509 g/mol. The fourth-order valence-corrected chi connectivity index (χ4v) is 5.27. The molecule has 0 spiro atoms. The van der Waals surface area contributed by atoms with Crippen LogP contribution in [0.4, 0.5) is 0 Å². The molecule has 2 aromatic rings. The van der Waals surface area contributed by atoms with Crippen molar-refractivity contribution in [1.82, 2.24) is 10.2 Å². The molecular formula is C30H40N2O5. The zero-order valence-electron chi connectivity index (χ0n) is 22.1. The lowest BCUT2D eigenvalue weighted by atomic mass is 9.99. The van der Waals surface area contributed by atoms with E-state index >= 15 is 0 Å². The Bertz CT molecular complexity index is 1070. The van der Waals surface area contributed by atoms with Crippen molar-refractivity contribution < 1.29 is 24.2 Å². The van der Waals surface area contributed by atoms with E-state index in [0.717, 1.165) is 55.8 Å². The Kier molecular flexibility index (Phi) is 9.09. The van der Waals surface area contributed by atoms with Gasteiger partial charge in [-0.25, -0.2) is 0 Å². The number of aromatic hydroxyl groups is 1. The molecule has 2 aliphatic rings. The summed E-state index contributed by atoms with van der Waals surface area (Å²) < 4.78 is 11.4. The minimum Gasteiger partial charge on any atom is -0.508 e. The Morgan fingerprint density at radius 3 is 2.46 bits per heavy atom. The van der Waals surface area contributed by atoms with Gasteiger partial charge in [-0.15, -0.1) is 0 Å². The van der Waals surface area contributed by atoms with Crippen LogP contribution in [0.3, 0.4) is 0 Å². The number of carbonyl (C=O) groups excluding carboxylic acids is 2. The predicted octanol–water partition coefficient (Wildman–Crippen LogP) is 4.90. The first-order valence-corrected chi connectivity index (χ1v) is 13.6. The first-order chi connectivity index (χ1) is 17.8. The second-order valence-electron chi connectivity index (χ2n) is 10.8. The molecule has 2 heterocycles. The van der Waals surface area contributed by atoms with E-state index in [1.54, 1.807) is 12.1 Å². The molecule has 1 amide bonds. The van der Waals surface area contributed by atoms with Gasteiger partial charge in [0, 0.05) is 36.5 Å². The molecule has 0 aliphatic carbocycles. The minimum absolute atomic E-state index is 0.00325. The van der Waals surface area contributed by atoms with Crippen LogP contribution in [0.1, 0.15) is 74.7 Å². The molecule has 2 aliphatic heterocycles. The summed E-state index contributed by atoms with van der Waals surface area (Å²) in [7, 11) is 0. The van der Waals surface area contributed by atoms with Gasteiger partial charge in [-0.05, 0) is 94.5 Å². The smallest absolute Gasteiger partial charge is 0.220 e. The van der Waals surface area contributed by atoms with Gasteiger partial charge >= 0.3 is 0 Å². The highest BCUT2D eigenvalue weighted by molar-refractivity contribution is 5.96. The van der Waals surface area contributed by atoms with E-state index < -0.39 is 0 Å². The Balaban J connectivity index is 1.27. The van der Waals surface area contributed by atoms with Crippen LogP contribution < -0.4 is 14.8 Å². The maximum absolute atomic E-state index is 12.9. The molecule has 0 saturated carbocycles. The number of phenols is 1. The van der Waals surface area contributed by atoms with Crippen molar-refractivity contribution in [3.05, 3.63) is 53.6 Å². The van der Waals surface area contributed by atoms with Crippen LogP contribution in [0.5, 0.6) is 17.2 Å². The molecule has 7 nitrogen and oxygen atoms in total. The molecule has 1 atom stereocenters. The van der Waals surface area contributed by atoms with Gasteiger partial charge in [0.05, 0.1) is 0 Å². The number of nitrogens with one attached hydrogen (secondary N) is 1. The number of nitrogens with zero attached hydrogens (tertiary/aromatic N) is 1. The van der Waals surface area contributed by atoms with Crippen LogP contribution in [-0.4, -0.2) is 59.6 Å². The summed E-state index contributed by atoms with van der Waals surface area (Å²) in [4.78, 5) is 27.7. The molecule has 200 valence electrons. The van der Waals surface area contributed by atoms with Crippen LogP contribution in [-0.2, 0) is 11.2 Å². The maximum atomic E-state index is 12.9. The van der Waals surface area contributed by atoms with E-state index in [9.17, 15) is 14.7 Å². The SMILES string of the molecule is CC1(C)CCCN1C[C@H](Cc1ccc2c(c1)OCCO2)NC(=O)CCCCCC(=O)c1ccc(O)cc1. The lowest BCUT2D eigenvalue weighted by Gasteiger charge is -2.35. The number of rotatable bonds is 12. The van der Waals surface area contributed by atoms with Crippen LogP contribution in [0.15, 0.2) is 42.5 Å². The standard InChI is InChI=1S/C30H40N2O5/c1-30(2)15-6-16-32(30)21-24(19-22-9-14-27-28(20-22)37-18-17-36-27)31-29(35)8-5-3-4-7-26(34)23-10-12-25(33)13-11-23/h9-14,20,24,33H,3-8,15-19,21H2,1-2H3,(H,31,35)/t24-/m0/s1. The lowest BCUT2D eigenvalue weighted by Crippen LogP contribution is -2.49. The second-order valence-corrected chi connectivity index (χ2v) is 10.8. The first kappa shape index (κ1) is 27.0. The predicted molar refractivity (Wildman–Crippen MR) is 143 cm³/mol. The molecule has 1 saturated heterocycles. The zero-order valence-corrected chi connectivity index (χ0v) is 22.1. The second kappa shape index (κ2) is 12.5. The molecule has 4 rings (SSSR count). The van der Waals surface area contributed by atoms with Gasteiger partial charge in [0.15, 0.2) is 17.3 Å². The largest absolute Gasteiger partial charge is 0.508 e. The van der Waals surface area contributed by atoms with Crippen molar-refractivity contribution in [2.45, 2.75) is 76.8 Å². The molecule has 7 heteroatoms. The number of ether oxygens (including phenoxy) is 2. The van der Waals surface area contributed by atoms with Crippen LogP contribution in [0.2, 0.25) is 0 Å². The Morgan fingerprint density at radius 1 is 1.00 bits per heavy atom. The van der Waals surface area contributed by atoms with Crippen molar-refractivity contribution >= 4 is 11.7 Å². The number of phenolic OH excluding ortho intramolecular Hbond substituents is 1. The van der Waals surface area contributed by atoms with Gasteiger partial charge in [-0.2, -0.15) is 0 Å². The number of Topliss-reactive ketones (excluding diaryl/α,β-unsaturated/α-hetero) is 1. The van der Waals surface area contributed by atoms with Gasteiger partial charge < -0.3 is 19.9 Å². The van der Waals surface area contributed by atoms with Crippen LogP contribution in [0, 0.1) is 0 Å². The number of likely N-dealkylation sites (tertiary alicyclic amines) is 1. The number of hydrogen-bond donors (Lipinski definition) is 2. The van der Waals surface area contributed by atoms with Crippen LogP contribution >= 0.6 is 0 Å². The van der Waals surface area contributed by atoms with Gasteiger partial charge in [0.1, 0.15) is 19.0 Å². The number of ketones is 1. The van der Waals surface area contributed by atoms with E-state index in [2.05, 4.69) is 30.1 Å². The summed E-state index contributed by atoms with van der Waals surface area (Å²) in [5.74, 6) is 1.84. The maximum Gasteiger partial charge on any atom is 0.220 e. The van der Waals surface area contributed by atoms with Crippen LogP contribution in [0.25, 0.3) is 0 Å². The third-order valence-corrected chi connectivity index (χ3v) is 7.46. The Morgan fingerprint density at radius 2 is 1.73 bits per heavy atom. The molecule has 0 bridgehead atoms. The quantitative estimate of drug-likeness (QED) is 0.313. The van der Waals surface area contributed by atoms with Crippen molar-refractivity contribution in [2.24, 2.45) is 0 Å². The number of hydrogen-bond acceptors (Lipinski definition) is 6. The minimum atomic E-state index is 0.00325. The van der Waals surface area contributed by atoms with E-state index in [1.165, 1.54) is 25.0 Å². The summed E-state index contributed by atoms with van der Waals surface area (Å²) >= 11 is 0. The Hall–Kier alpha value is -3.06. The molecule has 0 radical (unpaired) electrons. The average Bonchev–Trinajstić information content (AvgIpc) is 3.21. The number of amides is 1. The van der Waals surface area contributed by atoms with Crippen molar-refractivity contribution in [3.8, 4) is 17.2 Å². The molecular weight excluding hydrogens is 468 g/mol. The number of carbonyl (C=O) groups is 2. The van der Waals surface area contributed by atoms with E-state index in [1.807, 2.05) is 12.1 Å². The third-order valence-electron chi connectivity index (χ3n) is 7.46. The van der Waals surface area contributed by atoms with Gasteiger partial charge in [-0.3, -0.25) is 14.5 Å². The summed E-state index contributed by atoms with van der Waals surface area (Å²) in [5.41, 5.74) is 1.88. The van der Waals surface area contributed by atoms with Gasteiger partial charge in [0.25, 0.3) is 0 Å². The van der Waals surface area contributed by atoms with E-state index in [-0.39, 0.29) is 29.0 Å². The monoisotopic (exact) mass is 508 g/mol. The molecule has 37 heavy (non-hydrogen) atoms. The summed E-state index contributed by atoms with van der Waals surface area (Å²) in [6.07, 6.45) is 6.30. The first-order valence-electron chi connectivity index (χ1n) is 13.6. The molecule has 1 fully saturated rings. The zero-order chi connectivity index (χ0) is 26.3. The van der Waals surface area contributed by atoms with Crippen molar-refractivity contribution in [2.75, 3.05) is 26.3 Å². The molecule has 2 aromatic carbocycles. The highest BCUT2D eigenvalue weighted by atomic mass is 16.6. The summed E-state index contributed by atoms with van der Waals surface area (Å²) in [5, 5.41) is 12.7. The lowest BCUT2D eigenvalue weighted by molar-refractivity contribution is -0.122. The third kappa shape index (κ3) is 7.71. The number of benzene rings is 2. The van der Waals surface area contributed by atoms with E-state index in [4.69, 9.17) is 9.47 Å². The molecule has 0 unspecified atom stereocenters. The normalized spacial score (nSPS) is 17.4. The highest BCUT2D eigenvalue weighted by Crippen LogP contribution is 2.32. The number of unbranched alkanes of at least 4 members (excludes halogenated alkanes) is 2. The van der Waals surface area contributed by atoms with Crippen molar-refractivity contribution in [3.63, 3.8) is 0 Å². The summed E-state index contributed by atoms with van der Waals surface area (Å²) in [6, 6.07) is 12.4. The molecule has 0 aromatic heterocycles. The molecule has 2 N–H and O–H groups in total. The van der Waals surface area contributed by atoms with Gasteiger partial charge in [-0.1, -0.05) is 12.5 Å². The Labute approximate surface area is 220 Å². The fraction of sp³-hybridized carbons (Fsp3) is 0.533. The fourth-order valence-electron chi connectivity index (χ4n) is 5.27. The topological polar surface area (TPSA) is 88.1 Å². The van der Waals surface area contributed by atoms with Gasteiger partial charge in [0.2, 0.25) is 5.91 Å². The summed E-state index contributed by atoms with van der Waals surface area (Å²) in [6.45, 7) is 7.55. The van der Waals surface area contributed by atoms with Crippen molar-refractivity contribution in [1.29, 1.82) is 0 Å². The number of fused-ring (bicyclic) bond motifs is 1.